The first-order valence-electron chi connectivity index (χ1n) is 7.64. The monoisotopic (exact) mass is 375 g/mol. The zero-order valence-electron chi connectivity index (χ0n) is 14.1. The molecule has 11 nitrogen and oxygen atoms in total. The summed E-state index contributed by atoms with van der Waals surface area (Å²) in [6.45, 7) is -0.00812. The molecule has 0 radical (unpaired) electrons. The van der Waals surface area contributed by atoms with Crippen LogP contribution in [0.15, 0.2) is 36.8 Å². The summed E-state index contributed by atoms with van der Waals surface area (Å²) in [5.74, 6) is -1.03. The Morgan fingerprint density at radius 1 is 1.37 bits per heavy atom. The number of anilines is 1. The van der Waals surface area contributed by atoms with E-state index >= 15 is 0 Å². The molecule has 3 rings (SSSR count). The minimum absolute atomic E-state index is 0.0463. The lowest BCUT2D eigenvalue weighted by Gasteiger charge is -2.02. The summed E-state index contributed by atoms with van der Waals surface area (Å²) in [5.41, 5.74) is 0.344. The Labute approximate surface area is 151 Å². The summed E-state index contributed by atoms with van der Waals surface area (Å²) < 4.78 is 20.5. The molecule has 0 aliphatic rings. The van der Waals surface area contributed by atoms with Gasteiger partial charge in [0.2, 0.25) is 11.9 Å². The Morgan fingerprint density at radius 2 is 2.19 bits per heavy atom. The second kappa shape index (κ2) is 7.59. The van der Waals surface area contributed by atoms with Crippen molar-refractivity contribution < 1.29 is 18.8 Å². The molecule has 0 saturated heterocycles. The van der Waals surface area contributed by atoms with Gasteiger partial charge in [-0.05, 0) is 17.7 Å². The van der Waals surface area contributed by atoms with Crippen LogP contribution in [0, 0.1) is 15.9 Å². The molecule has 1 N–H and O–H groups in total. The Morgan fingerprint density at radius 3 is 2.85 bits per heavy atom. The highest BCUT2D eigenvalue weighted by atomic mass is 19.1. The van der Waals surface area contributed by atoms with Crippen LogP contribution in [0.2, 0.25) is 0 Å². The number of benzene rings is 1. The van der Waals surface area contributed by atoms with Crippen molar-refractivity contribution in [1.82, 2.24) is 24.5 Å². The number of carbonyl (C=O) groups excluding carboxylic acids is 1. The Balaban J connectivity index is 1.62. The van der Waals surface area contributed by atoms with Crippen LogP contribution >= 0.6 is 0 Å². The van der Waals surface area contributed by atoms with Gasteiger partial charge in [0.1, 0.15) is 24.9 Å². The molecule has 0 aliphatic heterocycles. The topological polar surface area (TPSA) is 130 Å². The lowest BCUT2D eigenvalue weighted by molar-refractivity contribution is -0.385. The summed E-state index contributed by atoms with van der Waals surface area (Å²) >= 11 is 0. The number of ether oxygens (including phenoxy) is 1. The number of nitrogens with one attached hydrogen (secondary N) is 1. The van der Waals surface area contributed by atoms with Gasteiger partial charge in [-0.2, -0.15) is 0 Å². The van der Waals surface area contributed by atoms with Crippen molar-refractivity contribution in [2.75, 3.05) is 12.4 Å². The maximum absolute atomic E-state index is 13.2. The number of methoxy groups -OCH3 is 1. The Hall–Kier alpha value is -3.83. The van der Waals surface area contributed by atoms with Crippen LogP contribution in [0.5, 0.6) is 5.88 Å². The normalized spacial score (nSPS) is 10.6. The Kier molecular flexibility index (Phi) is 5.06. The molecule has 0 saturated carbocycles. The van der Waals surface area contributed by atoms with Gasteiger partial charge in [-0.3, -0.25) is 24.9 Å². The van der Waals surface area contributed by atoms with Crippen LogP contribution in [0.1, 0.15) is 5.56 Å². The smallest absolute Gasteiger partial charge is 0.350 e. The van der Waals surface area contributed by atoms with E-state index in [2.05, 4.69) is 20.5 Å². The van der Waals surface area contributed by atoms with Crippen molar-refractivity contribution in [3.05, 3.63) is 58.3 Å². The first kappa shape index (κ1) is 18.0. The zero-order valence-corrected chi connectivity index (χ0v) is 14.1. The SMILES string of the molecule is COc1nn(CC(=O)Nc2ncn(Cc3cccc(F)c3)n2)cc1[N+](=O)[O-]. The quantitative estimate of drug-likeness (QED) is 0.485. The fourth-order valence-corrected chi connectivity index (χ4v) is 2.31. The first-order chi connectivity index (χ1) is 12.9. The minimum Gasteiger partial charge on any atom is -0.475 e. The van der Waals surface area contributed by atoms with E-state index < -0.39 is 10.8 Å². The molecule has 3 aromatic rings. The molecule has 2 heterocycles. The maximum atomic E-state index is 13.2. The lowest BCUT2D eigenvalue weighted by atomic mass is 10.2. The molecule has 0 spiro atoms. The fraction of sp³-hybridized carbons (Fsp3) is 0.200. The molecule has 27 heavy (non-hydrogen) atoms. The van der Waals surface area contributed by atoms with E-state index in [0.717, 1.165) is 10.9 Å². The van der Waals surface area contributed by atoms with Crippen LogP contribution < -0.4 is 10.1 Å². The van der Waals surface area contributed by atoms with E-state index in [4.69, 9.17) is 4.74 Å². The van der Waals surface area contributed by atoms with Gasteiger partial charge in [0, 0.05) is 0 Å². The second-order valence-corrected chi connectivity index (χ2v) is 5.42. The number of amides is 1. The lowest BCUT2D eigenvalue weighted by Crippen LogP contribution is -2.20. The van der Waals surface area contributed by atoms with Gasteiger partial charge in [0.25, 0.3) is 0 Å². The van der Waals surface area contributed by atoms with Crippen molar-refractivity contribution in [3.8, 4) is 5.88 Å². The molecule has 1 amide bonds. The molecule has 0 atom stereocenters. The van der Waals surface area contributed by atoms with Crippen LogP contribution in [0.4, 0.5) is 16.0 Å². The number of carbonyl (C=O) groups is 1. The van der Waals surface area contributed by atoms with Gasteiger partial charge >= 0.3 is 11.6 Å². The molecular weight excluding hydrogens is 361 g/mol. The van der Waals surface area contributed by atoms with E-state index in [1.54, 1.807) is 12.1 Å². The van der Waals surface area contributed by atoms with Gasteiger partial charge in [-0.25, -0.2) is 14.1 Å². The van der Waals surface area contributed by atoms with Crippen molar-refractivity contribution in [3.63, 3.8) is 0 Å². The van der Waals surface area contributed by atoms with E-state index in [0.29, 0.717) is 5.56 Å². The van der Waals surface area contributed by atoms with Crippen LogP contribution in [-0.4, -0.2) is 42.5 Å². The predicted molar refractivity (Wildman–Crippen MR) is 89.6 cm³/mol. The maximum Gasteiger partial charge on any atom is 0.350 e. The molecule has 0 bridgehead atoms. The highest BCUT2D eigenvalue weighted by Gasteiger charge is 2.21. The summed E-state index contributed by atoms with van der Waals surface area (Å²) in [4.78, 5) is 26.2. The predicted octanol–water partition coefficient (Wildman–Crippen LogP) is 1.22. The van der Waals surface area contributed by atoms with Crippen LogP contribution in [-0.2, 0) is 17.9 Å². The second-order valence-electron chi connectivity index (χ2n) is 5.42. The molecule has 0 fully saturated rings. The summed E-state index contributed by atoms with van der Waals surface area (Å²) in [7, 11) is 1.24. The number of aromatic nitrogens is 5. The number of halogens is 1. The van der Waals surface area contributed by atoms with Crippen molar-refractivity contribution in [1.29, 1.82) is 0 Å². The van der Waals surface area contributed by atoms with Gasteiger partial charge in [0.05, 0.1) is 18.6 Å². The van der Waals surface area contributed by atoms with Gasteiger partial charge in [0.15, 0.2) is 0 Å². The van der Waals surface area contributed by atoms with E-state index in [1.165, 1.54) is 30.3 Å². The van der Waals surface area contributed by atoms with E-state index in [1.807, 2.05) is 0 Å². The zero-order chi connectivity index (χ0) is 19.4. The fourth-order valence-electron chi connectivity index (χ4n) is 2.31. The summed E-state index contributed by atoms with van der Waals surface area (Å²) in [6, 6.07) is 6.03. The van der Waals surface area contributed by atoms with E-state index in [-0.39, 0.29) is 36.4 Å². The number of hydrogen-bond acceptors (Lipinski definition) is 7. The molecule has 1 aromatic carbocycles. The van der Waals surface area contributed by atoms with Crippen molar-refractivity contribution in [2.45, 2.75) is 13.1 Å². The molecule has 12 heteroatoms. The van der Waals surface area contributed by atoms with E-state index in [9.17, 15) is 19.3 Å². The third-order valence-corrected chi connectivity index (χ3v) is 3.43. The highest BCUT2D eigenvalue weighted by Crippen LogP contribution is 2.23. The average molecular weight is 375 g/mol. The van der Waals surface area contributed by atoms with Gasteiger partial charge < -0.3 is 4.74 Å². The minimum atomic E-state index is -0.657. The average Bonchev–Trinajstić information content (AvgIpc) is 3.21. The third kappa shape index (κ3) is 4.42. The van der Waals surface area contributed by atoms with Crippen LogP contribution in [0.25, 0.3) is 0 Å². The van der Waals surface area contributed by atoms with Gasteiger partial charge in [-0.1, -0.05) is 12.1 Å². The molecule has 0 unspecified atom stereocenters. The molecule has 140 valence electrons. The van der Waals surface area contributed by atoms with Crippen LogP contribution in [0.3, 0.4) is 0 Å². The van der Waals surface area contributed by atoms with Crippen molar-refractivity contribution >= 4 is 17.5 Å². The van der Waals surface area contributed by atoms with Crippen molar-refractivity contribution in [2.24, 2.45) is 0 Å². The number of nitro groups is 1. The summed E-state index contributed by atoms with van der Waals surface area (Å²) in [5, 5.41) is 21.2. The Bertz CT molecular complexity index is 984. The first-order valence-corrected chi connectivity index (χ1v) is 7.64. The molecule has 2 aromatic heterocycles. The number of nitrogens with zero attached hydrogens (tertiary/aromatic N) is 6. The number of rotatable bonds is 7. The highest BCUT2D eigenvalue weighted by molar-refractivity contribution is 5.88. The molecular formula is C15H14FN7O4. The largest absolute Gasteiger partial charge is 0.475 e. The summed E-state index contributed by atoms with van der Waals surface area (Å²) in [6.07, 6.45) is 2.48. The van der Waals surface area contributed by atoms with Gasteiger partial charge in [-0.15, -0.1) is 10.2 Å². The standard InChI is InChI=1S/C15H14FN7O4/c1-27-14-12(23(25)26)7-21(19-14)8-13(24)18-15-17-9-22(20-15)6-10-3-2-4-11(16)5-10/h2-5,7,9H,6,8H2,1H3,(H,18,20,24). The third-order valence-electron chi connectivity index (χ3n) is 3.43. The molecule has 0 aliphatic carbocycles. The number of hydrogen-bond donors (Lipinski definition) is 1.